The maximum Gasteiger partial charge on any atom is 0.194 e. The van der Waals surface area contributed by atoms with Crippen LogP contribution in [0.3, 0.4) is 0 Å². The molecular weight excluding hydrogens is 310 g/mol. The Morgan fingerprint density at radius 2 is 1.20 bits per heavy atom. The number of fused-ring (bicyclic) bond motifs is 2. The summed E-state index contributed by atoms with van der Waals surface area (Å²) in [7, 11) is 0. The molecule has 25 heavy (non-hydrogen) atoms. The molecule has 0 atom stereocenters. The van der Waals surface area contributed by atoms with Crippen molar-refractivity contribution in [2.75, 3.05) is 5.73 Å². The molecule has 3 aromatic rings. The number of benzene rings is 3. The van der Waals surface area contributed by atoms with Crippen molar-refractivity contribution in [3.8, 4) is 0 Å². The van der Waals surface area contributed by atoms with E-state index < -0.39 is 0 Å². The summed E-state index contributed by atoms with van der Waals surface area (Å²) in [6.07, 6.45) is 3.84. The Hall–Kier alpha value is -3.46. The molecule has 0 aliphatic heterocycles. The lowest BCUT2D eigenvalue weighted by atomic mass is 9.83. The maximum atomic E-state index is 12.7. The molecule has 0 saturated carbocycles. The van der Waals surface area contributed by atoms with E-state index in [2.05, 4.69) is 0 Å². The molecule has 120 valence electrons. The summed E-state index contributed by atoms with van der Waals surface area (Å²) in [5.41, 5.74) is 10.2. The number of hydrogen-bond acceptors (Lipinski definition) is 3. The van der Waals surface area contributed by atoms with Crippen molar-refractivity contribution in [3.63, 3.8) is 0 Å². The molecule has 0 heterocycles. The molecule has 1 aliphatic rings. The second-order valence-corrected chi connectivity index (χ2v) is 6.01. The minimum atomic E-state index is -0.107. The maximum absolute atomic E-state index is 12.7. The fourth-order valence-corrected chi connectivity index (χ4v) is 3.08. The molecule has 3 nitrogen and oxygen atoms in total. The topological polar surface area (TPSA) is 60.2 Å². The summed E-state index contributed by atoms with van der Waals surface area (Å²) in [6.45, 7) is 0. The van der Waals surface area contributed by atoms with Gasteiger partial charge in [-0.25, -0.2) is 0 Å². The number of hydrogen-bond donors (Lipinski definition) is 1. The van der Waals surface area contributed by atoms with Gasteiger partial charge in [0.25, 0.3) is 0 Å². The summed E-state index contributed by atoms with van der Waals surface area (Å²) in [5, 5.41) is 0. The number of nitrogens with two attached hydrogens (primary N) is 1. The highest BCUT2D eigenvalue weighted by Crippen LogP contribution is 2.28. The molecule has 3 aromatic carbocycles. The van der Waals surface area contributed by atoms with Gasteiger partial charge in [0.2, 0.25) is 0 Å². The molecule has 0 aromatic heterocycles. The summed E-state index contributed by atoms with van der Waals surface area (Å²) in [5.74, 6) is -0.207. The lowest BCUT2D eigenvalue weighted by molar-refractivity contribution is 0.0979. The third kappa shape index (κ3) is 2.66. The second-order valence-electron chi connectivity index (χ2n) is 6.01. The van der Waals surface area contributed by atoms with Gasteiger partial charge in [0.1, 0.15) is 0 Å². The number of ketones is 2. The number of carbonyl (C=O) groups is 2. The first-order chi connectivity index (χ1) is 12.1. The van der Waals surface area contributed by atoms with E-state index in [4.69, 9.17) is 5.73 Å². The Morgan fingerprint density at radius 1 is 0.600 bits per heavy atom. The fourth-order valence-electron chi connectivity index (χ4n) is 3.08. The Morgan fingerprint density at radius 3 is 1.88 bits per heavy atom. The number of rotatable bonds is 2. The Kier molecular flexibility index (Phi) is 3.55. The van der Waals surface area contributed by atoms with Crippen molar-refractivity contribution in [2.24, 2.45) is 0 Å². The third-order valence-electron chi connectivity index (χ3n) is 4.33. The monoisotopic (exact) mass is 325 g/mol. The van der Waals surface area contributed by atoms with Crippen LogP contribution in [0.2, 0.25) is 0 Å². The average molecular weight is 325 g/mol. The average Bonchev–Trinajstić information content (AvgIpc) is 2.64. The van der Waals surface area contributed by atoms with Crippen molar-refractivity contribution < 1.29 is 9.59 Å². The van der Waals surface area contributed by atoms with E-state index in [-0.39, 0.29) is 11.6 Å². The standard InChI is InChI=1S/C22H15NO2/c23-16-5-3-4-14(12-16)8-9-15-10-11-19-20(13-15)22(25)18-7-2-1-6-17(18)21(19)24/h1-13H,23H2. The minimum Gasteiger partial charge on any atom is -0.399 e. The highest BCUT2D eigenvalue weighted by atomic mass is 16.1. The molecular formula is C22H15NO2. The van der Waals surface area contributed by atoms with E-state index in [1.807, 2.05) is 42.5 Å². The van der Waals surface area contributed by atoms with Crippen molar-refractivity contribution in [2.45, 2.75) is 0 Å². The summed E-state index contributed by atoms with van der Waals surface area (Å²) in [6, 6.07) is 19.9. The van der Waals surface area contributed by atoms with Gasteiger partial charge in [-0.15, -0.1) is 0 Å². The number of anilines is 1. The van der Waals surface area contributed by atoms with Crippen LogP contribution in [0.4, 0.5) is 5.69 Å². The normalized spacial score (nSPS) is 13.0. The van der Waals surface area contributed by atoms with Crippen LogP contribution in [0.5, 0.6) is 0 Å². The van der Waals surface area contributed by atoms with Gasteiger partial charge in [0.15, 0.2) is 11.6 Å². The molecule has 0 radical (unpaired) electrons. The van der Waals surface area contributed by atoms with Crippen LogP contribution in [0.25, 0.3) is 12.2 Å². The van der Waals surface area contributed by atoms with Gasteiger partial charge < -0.3 is 5.73 Å². The lowest BCUT2D eigenvalue weighted by Gasteiger charge is -2.17. The molecule has 0 unspecified atom stereocenters. The lowest BCUT2D eigenvalue weighted by Crippen LogP contribution is -2.20. The molecule has 0 fully saturated rings. The first-order valence-electron chi connectivity index (χ1n) is 7.99. The summed E-state index contributed by atoms with van der Waals surface area (Å²) in [4.78, 5) is 25.3. The van der Waals surface area contributed by atoms with Crippen LogP contribution in [0.15, 0.2) is 66.7 Å². The number of nitrogen functional groups attached to an aromatic ring is 1. The van der Waals surface area contributed by atoms with Gasteiger partial charge >= 0.3 is 0 Å². The molecule has 4 rings (SSSR count). The van der Waals surface area contributed by atoms with Crippen molar-refractivity contribution in [3.05, 3.63) is 100 Å². The van der Waals surface area contributed by atoms with E-state index in [0.717, 1.165) is 11.1 Å². The van der Waals surface area contributed by atoms with Crippen LogP contribution in [-0.2, 0) is 0 Å². The van der Waals surface area contributed by atoms with Gasteiger partial charge in [0.05, 0.1) is 0 Å². The van der Waals surface area contributed by atoms with E-state index in [9.17, 15) is 9.59 Å². The highest BCUT2D eigenvalue weighted by molar-refractivity contribution is 6.28. The smallest absolute Gasteiger partial charge is 0.194 e. The Bertz CT molecular complexity index is 1050. The molecule has 0 spiro atoms. The van der Waals surface area contributed by atoms with E-state index in [1.54, 1.807) is 36.4 Å². The molecule has 1 aliphatic carbocycles. The van der Waals surface area contributed by atoms with E-state index >= 15 is 0 Å². The summed E-state index contributed by atoms with van der Waals surface area (Å²) < 4.78 is 0. The van der Waals surface area contributed by atoms with Crippen LogP contribution in [0.1, 0.15) is 43.0 Å². The minimum absolute atomic E-state index is 0.100. The zero-order valence-electron chi connectivity index (χ0n) is 13.4. The Balaban J connectivity index is 1.73. The van der Waals surface area contributed by atoms with Gasteiger partial charge in [-0.1, -0.05) is 54.6 Å². The van der Waals surface area contributed by atoms with Gasteiger partial charge in [0, 0.05) is 27.9 Å². The SMILES string of the molecule is Nc1cccc(C=Cc2ccc3c(c2)C(=O)c2ccccc2C3=O)c1. The van der Waals surface area contributed by atoms with Crippen LogP contribution in [0, 0.1) is 0 Å². The van der Waals surface area contributed by atoms with Crippen molar-refractivity contribution >= 4 is 29.4 Å². The third-order valence-corrected chi connectivity index (χ3v) is 4.33. The molecule has 0 saturated heterocycles. The molecule has 0 amide bonds. The first-order valence-corrected chi connectivity index (χ1v) is 7.99. The van der Waals surface area contributed by atoms with Gasteiger partial charge in [-0.05, 0) is 35.4 Å². The second kappa shape index (κ2) is 5.87. The highest BCUT2D eigenvalue weighted by Gasteiger charge is 2.28. The largest absolute Gasteiger partial charge is 0.399 e. The number of carbonyl (C=O) groups excluding carboxylic acids is 2. The van der Waals surface area contributed by atoms with Crippen molar-refractivity contribution in [1.82, 2.24) is 0 Å². The van der Waals surface area contributed by atoms with Gasteiger partial charge in [-0.2, -0.15) is 0 Å². The van der Waals surface area contributed by atoms with Crippen LogP contribution < -0.4 is 5.73 Å². The van der Waals surface area contributed by atoms with Crippen LogP contribution in [-0.4, -0.2) is 11.6 Å². The quantitative estimate of drug-likeness (QED) is 0.443. The first kappa shape index (κ1) is 15.1. The van der Waals surface area contributed by atoms with E-state index in [0.29, 0.717) is 27.9 Å². The zero-order chi connectivity index (χ0) is 17.4. The zero-order valence-corrected chi connectivity index (χ0v) is 13.4. The predicted octanol–water partition coefficient (Wildman–Crippen LogP) is 4.21. The van der Waals surface area contributed by atoms with Gasteiger partial charge in [-0.3, -0.25) is 9.59 Å². The van der Waals surface area contributed by atoms with Crippen molar-refractivity contribution in [1.29, 1.82) is 0 Å². The Labute approximate surface area is 145 Å². The van der Waals surface area contributed by atoms with E-state index in [1.165, 1.54) is 0 Å². The van der Waals surface area contributed by atoms with Crippen LogP contribution >= 0.6 is 0 Å². The summed E-state index contributed by atoms with van der Waals surface area (Å²) >= 11 is 0. The predicted molar refractivity (Wildman–Crippen MR) is 99.5 cm³/mol. The molecule has 0 bridgehead atoms. The fraction of sp³-hybridized carbons (Fsp3) is 0. The molecule has 3 heteroatoms. The molecule has 2 N–H and O–H groups in total.